The number of hydrogen-bond donors (Lipinski definition) is 1. The Morgan fingerprint density at radius 1 is 1.45 bits per heavy atom. The molecule has 60 valence electrons. The molecule has 0 unspecified atom stereocenters. The number of fused-ring (bicyclic) bond motifs is 1. The number of nitrogens with zero attached hydrogens (tertiary/aromatic N) is 2. The molecule has 0 saturated carbocycles. The van der Waals surface area contributed by atoms with Gasteiger partial charge in [0.15, 0.2) is 0 Å². The summed E-state index contributed by atoms with van der Waals surface area (Å²) in [6.45, 7) is 1.41. The van der Waals surface area contributed by atoms with Crippen LogP contribution in [0.4, 0.5) is 0 Å². The topological polar surface area (TPSA) is 47.3 Å². The van der Waals surface area contributed by atoms with Gasteiger partial charge in [0.2, 0.25) is 0 Å². The molecule has 1 aliphatic rings. The van der Waals surface area contributed by atoms with Crippen LogP contribution in [0.5, 0.6) is 0 Å². The summed E-state index contributed by atoms with van der Waals surface area (Å²) in [4.78, 5) is 0.948. The molecule has 0 fully saturated rings. The third kappa shape index (κ3) is 1.09. The number of aromatic nitrogens is 2. The van der Waals surface area contributed by atoms with E-state index in [1.807, 2.05) is 0 Å². The minimum Gasteiger partial charge on any atom is -0.411 e. The van der Waals surface area contributed by atoms with Crippen LogP contribution in [0, 0.1) is 0 Å². The van der Waals surface area contributed by atoms with Crippen LogP contribution in [0.15, 0.2) is 6.20 Å². The monoisotopic (exact) mass is 154 g/mol. The first-order chi connectivity index (χ1) is 5.38. The first-order valence-corrected chi connectivity index (χ1v) is 3.70. The second-order valence-corrected chi connectivity index (χ2v) is 2.62. The van der Waals surface area contributed by atoms with Crippen molar-refractivity contribution >= 4 is 0 Å². The lowest BCUT2D eigenvalue weighted by Crippen LogP contribution is -2.02. The fourth-order valence-electron chi connectivity index (χ4n) is 1.32. The average molecular weight is 154 g/mol. The molecule has 0 aromatic carbocycles. The SMILES string of the molecule is On1ncc2c1CCOCC2. The number of ether oxygens (including phenoxy) is 1. The quantitative estimate of drug-likeness (QED) is 0.544. The molecule has 0 saturated heterocycles. The lowest BCUT2D eigenvalue weighted by Gasteiger charge is -1.97. The number of hydrogen-bond acceptors (Lipinski definition) is 3. The van der Waals surface area contributed by atoms with Crippen LogP contribution in [-0.2, 0) is 17.6 Å². The Balaban J connectivity index is 2.35. The maximum atomic E-state index is 9.17. The highest BCUT2D eigenvalue weighted by molar-refractivity contribution is 5.18. The van der Waals surface area contributed by atoms with Crippen LogP contribution in [0.2, 0.25) is 0 Å². The summed E-state index contributed by atoms with van der Waals surface area (Å²) >= 11 is 0. The van der Waals surface area contributed by atoms with Crippen LogP contribution in [0.3, 0.4) is 0 Å². The Morgan fingerprint density at radius 3 is 3.18 bits per heavy atom. The molecular formula is C7H10N2O2. The molecule has 1 aliphatic heterocycles. The zero-order chi connectivity index (χ0) is 7.68. The van der Waals surface area contributed by atoms with Crippen LogP contribution < -0.4 is 0 Å². The van der Waals surface area contributed by atoms with Gasteiger partial charge in [-0.05, 0) is 12.0 Å². The predicted molar refractivity (Wildman–Crippen MR) is 37.6 cm³/mol. The second kappa shape index (κ2) is 2.54. The molecule has 4 nitrogen and oxygen atoms in total. The average Bonchev–Trinajstić information content (AvgIpc) is 2.25. The summed E-state index contributed by atoms with van der Waals surface area (Å²) in [7, 11) is 0. The maximum Gasteiger partial charge on any atom is 0.0854 e. The van der Waals surface area contributed by atoms with Crippen molar-refractivity contribution < 1.29 is 9.94 Å². The summed E-state index contributed by atoms with van der Waals surface area (Å²) < 4.78 is 5.24. The van der Waals surface area contributed by atoms with Crippen molar-refractivity contribution in [2.24, 2.45) is 0 Å². The Bertz CT molecular complexity index is 257. The minimum atomic E-state index is 0.680. The van der Waals surface area contributed by atoms with Crippen molar-refractivity contribution in [3.8, 4) is 0 Å². The maximum absolute atomic E-state index is 9.17. The molecule has 2 rings (SSSR count). The van der Waals surface area contributed by atoms with E-state index in [0.717, 1.165) is 35.6 Å². The zero-order valence-corrected chi connectivity index (χ0v) is 6.16. The van der Waals surface area contributed by atoms with Gasteiger partial charge in [0, 0.05) is 6.42 Å². The summed E-state index contributed by atoms with van der Waals surface area (Å²) in [6.07, 6.45) is 3.31. The van der Waals surface area contributed by atoms with Crippen molar-refractivity contribution in [2.75, 3.05) is 13.2 Å². The molecule has 11 heavy (non-hydrogen) atoms. The molecular weight excluding hydrogens is 144 g/mol. The highest BCUT2D eigenvalue weighted by Crippen LogP contribution is 2.12. The fraction of sp³-hybridized carbons (Fsp3) is 0.571. The van der Waals surface area contributed by atoms with Crippen LogP contribution >= 0.6 is 0 Å². The molecule has 0 amide bonds. The van der Waals surface area contributed by atoms with Gasteiger partial charge in [0.05, 0.1) is 25.1 Å². The summed E-state index contributed by atoms with van der Waals surface area (Å²) in [5, 5.41) is 12.9. The summed E-state index contributed by atoms with van der Waals surface area (Å²) in [5.74, 6) is 0. The van der Waals surface area contributed by atoms with Crippen molar-refractivity contribution in [3.63, 3.8) is 0 Å². The van der Waals surface area contributed by atoms with E-state index in [1.165, 1.54) is 0 Å². The summed E-state index contributed by atoms with van der Waals surface area (Å²) in [5.41, 5.74) is 1.99. The first-order valence-electron chi connectivity index (χ1n) is 3.70. The van der Waals surface area contributed by atoms with Crippen molar-refractivity contribution in [1.29, 1.82) is 0 Å². The minimum absolute atomic E-state index is 0.680. The van der Waals surface area contributed by atoms with Crippen molar-refractivity contribution in [3.05, 3.63) is 17.5 Å². The fourth-order valence-corrected chi connectivity index (χ4v) is 1.32. The van der Waals surface area contributed by atoms with Gasteiger partial charge in [-0.1, -0.05) is 0 Å². The normalized spacial score (nSPS) is 17.5. The Kier molecular flexibility index (Phi) is 1.54. The van der Waals surface area contributed by atoms with Gasteiger partial charge in [0.25, 0.3) is 0 Å². The Morgan fingerprint density at radius 2 is 2.27 bits per heavy atom. The molecule has 0 radical (unpaired) electrons. The predicted octanol–water partition coefficient (Wildman–Crippen LogP) is 0.236. The number of rotatable bonds is 0. The van der Waals surface area contributed by atoms with E-state index in [0.29, 0.717) is 6.61 Å². The molecule has 1 N–H and O–H groups in total. The molecule has 0 bridgehead atoms. The molecule has 2 heterocycles. The molecule has 4 heteroatoms. The zero-order valence-electron chi connectivity index (χ0n) is 6.16. The molecule has 0 spiro atoms. The van der Waals surface area contributed by atoms with Gasteiger partial charge >= 0.3 is 0 Å². The molecule has 1 aromatic heterocycles. The van der Waals surface area contributed by atoms with E-state index in [4.69, 9.17) is 4.74 Å². The van der Waals surface area contributed by atoms with Gasteiger partial charge in [-0.15, -0.1) is 9.94 Å². The Hall–Kier alpha value is -1.03. The molecule has 1 aromatic rings. The standard InChI is InChI=1S/C7H10N2O2/c10-9-7-2-4-11-3-1-6(7)5-8-9/h5,10H,1-4H2. The van der Waals surface area contributed by atoms with Crippen LogP contribution in [0.1, 0.15) is 11.3 Å². The van der Waals surface area contributed by atoms with Gasteiger partial charge in [-0.25, -0.2) is 0 Å². The molecule has 0 atom stereocenters. The van der Waals surface area contributed by atoms with Crippen molar-refractivity contribution in [2.45, 2.75) is 12.8 Å². The highest BCUT2D eigenvalue weighted by atomic mass is 16.5. The highest BCUT2D eigenvalue weighted by Gasteiger charge is 2.12. The van der Waals surface area contributed by atoms with E-state index < -0.39 is 0 Å². The van der Waals surface area contributed by atoms with Gasteiger partial charge < -0.3 is 9.94 Å². The van der Waals surface area contributed by atoms with Crippen LogP contribution in [-0.4, -0.2) is 28.4 Å². The van der Waals surface area contributed by atoms with E-state index in [1.54, 1.807) is 6.20 Å². The second-order valence-electron chi connectivity index (χ2n) is 2.62. The lowest BCUT2D eigenvalue weighted by molar-refractivity contribution is 0.123. The first kappa shape index (κ1) is 6.67. The van der Waals surface area contributed by atoms with Gasteiger partial charge in [0.1, 0.15) is 0 Å². The van der Waals surface area contributed by atoms with Gasteiger partial charge in [-0.2, -0.15) is 0 Å². The largest absolute Gasteiger partial charge is 0.411 e. The third-order valence-electron chi connectivity index (χ3n) is 1.93. The summed E-state index contributed by atoms with van der Waals surface area (Å²) in [6, 6.07) is 0. The van der Waals surface area contributed by atoms with Crippen LogP contribution in [0.25, 0.3) is 0 Å². The smallest absolute Gasteiger partial charge is 0.0854 e. The lowest BCUT2D eigenvalue weighted by atomic mass is 10.2. The van der Waals surface area contributed by atoms with Crippen molar-refractivity contribution in [1.82, 2.24) is 9.94 Å². The van der Waals surface area contributed by atoms with E-state index in [9.17, 15) is 5.21 Å². The Labute approximate surface area is 64.4 Å². The van der Waals surface area contributed by atoms with E-state index >= 15 is 0 Å². The van der Waals surface area contributed by atoms with E-state index in [-0.39, 0.29) is 0 Å². The molecule has 0 aliphatic carbocycles. The third-order valence-corrected chi connectivity index (χ3v) is 1.93. The van der Waals surface area contributed by atoms with Gasteiger partial charge in [-0.3, -0.25) is 0 Å². The van der Waals surface area contributed by atoms with E-state index in [2.05, 4.69) is 5.10 Å².